The van der Waals surface area contributed by atoms with E-state index >= 15 is 0 Å². The van der Waals surface area contributed by atoms with Crippen LogP contribution in [0.1, 0.15) is 31.4 Å². The maximum atomic E-state index is 11.2. The van der Waals surface area contributed by atoms with Crippen molar-refractivity contribution in [1.82, 2.24) is 0 Å². The molecule has 1 aromatic carbocycles. The first-order valence-electron chi connectivity index (χ1n) is 6.97. The summed E-state index contributed by atoms with van der Waals surface area (Å²) >= 11 is 0. The summed E-state index contributed by atoms with van der Waals surface area (Å²) in [7, 11) is 0. The molecule has 0 spiro atoms. The zero-order valence-electron chi connectivity index (χ0n) is 13.1. The Kier molecular flexibility index (Phi) is 6.13. The number of hydrogen-bond donors (Lipinski definition) is 3. The van der Waals surface area contributed by atoms with Gasteiger partial charge in [0, 0.05) is 16.7 Å². The van der Waals surface area contributed by atoms with Gasteiger partial charge in [0.15, 0.2) is 0 Å². The molecule has 0 heterocycles. The average molecular weight is 302 g/mol. The quantitative estimate of drug-likeness (QED) is 0.248. The Morgan fingerprint density at radius 1 is 1.27 bits per heavy atom. The second kappa shape index (κ2) is 7.61. The van der Waals surface area contributed by atoms with Gasteiger partial charge in [0.2, 0.25) is 0 Å². The van der Waals surface area contributed by atoms with Crippen LogP contribution in [0.25, 0.3) is 5.57 Å². The number of aliphatic hydroxyl groups is 1. The largest absolute Gasteiger partial charge is 0.508 e. The number of aldehydes is 1. The van der Waals surface area contributed by atoms with Crippen LogP contribution in [0.4, 0.5) is 0 Å². The molecule has 118 valence electrons. The van der Waals surface area contributed by atoms with Crippen molar-refractivity contribution in [3.63, 3.8) is 0 Å². The molecule has 0 aliphatic rings. The van der Waals surface area contributed by atoms with Crippen LogP contribution in [0, 0.1) is 6.92 Å². The van der Waals surface area contributed by atoms with E-state index in [4.69, 9.17) is 0 Å². The van der Waals surface area contributed by atoms with Gasteiger partial charge in [-0.05, 0) is 51.0 Å². The van der Waals surface area contributed by atoms with Crippen LogP contribution in [-0.4, -0.2) is 27.7 Å². The van der Waals surface area contributed by atoms with Crippen LogP contribution >= 0.6 is 0 Å². The normalized spacial score (nSPS) is 12.6. The molecule has 0 amide bonds. The number of rotatable bonds is 6. The van der Waals surface area contributed by atoms with Crippen LogP contribution in [-0.2, 0) is 4.79 Å². The maximum absolute atomic E-state index is 11.2. The molecule has 0 radical (unpaired) electrons. The number of carbonyl (C=O) groups is 1. The third-order valence-electron chi connectivity index (χ3n) is 3.35. The summed E-state index contributed by atoms with van der Waals surface area (Å²) in [5.41, 5.74) is 2.39. The highest BCUT2D eigenvalue weighted by atomic mass is 16.3. The fourth-order valence-electron chi connectivity index (χ4n) is 2.06. The van der Waals surface area contributed by atoms with Gasteiger partial charge >= 0.3 is 0 Å². The summed E-state index contributed by atoms with van der Waals surface area (Å²) in [5.74, 6) is -0.0133. The van der Waals surface area contributed by atoms with Crippen molar-refractivity contribution < 1.29 is 20.1 Å². The Hall–Kier alpha value is -2.33. The summed E-state index contributed by atoms with van der Waals surface area (Å²) in [6.07, 6.45) is 3.22. The van der Waals surface area contributed by atoms with Crippen LogP contribution in [0.15, 0.2) is 42.0 Å². The van der Waals surface area contributed by atoms with Gasteiger partial charge in [-0.25, -0.2) is 0 Å². The Labute approximate surface area is 130 Å². The van der Waals surface area contributed by atoms with Crippen LogP contribution in [0.5, 0.6) is 11.5 Å². The number of carbonyl (C=O) groups excluding carboxylic acids is 1. The zero-order valence-corrected chi connectivity index (χ0v) is 13.1. The first-order chi connectivity index (χ1) is 10.3. The summed E-state index contributed by atoms with van der Waals surface area (Å²) in [5, 5.41) is 29.7. The third-order valence-corrected chi connectivity index (χ3v) is 3.35. The van der Waals surface area contributed by atoms with E-state index in [2.05, 4.69) is 6.58 Å². The predicted molar refractivity (Wildman–Crippen MR) is 87.7 cm³/mol. The number of hydrogen-bond acceptors (Lipinski definition) is 4. The SMILES string of the molecule is C=C(/C=C(\C=O)C(O)CC=C(C)C)c1c(O)ccc(O)c1C. The van der Waals surface area contributed by atoms with Gasteiger partial charge in [-0.15, -0.1) is 0 Å². The minimum atomic E-state index is -0.941. The molecule has 0 fully saturated rings. The molecule has 0 saturated carbocycles. The van der Waals surface area contributed by atoms with E-state index in [-0.39, 0.29) is 17.1 Å². The molecule has 1 unspecified atom stereocenters. The number of allylic oxidation sites excluding steroid dienone is 3. The van der Waals surface area contributed by atoms with Crippen molar-refractivity contribution in [2.45, 2.75) is 33.3 Å². The second-order valence-corrected chi connectivity index (χ2v) is 5.42. The standard InChI is InChI=1S/C18H22O4/c1-11(2)5-6-16(21)14(10-19)9-12(3)18-13(4)15(20)7-8-17(18)22/h5,7-10,16,20-22H,3,6H2,1-2,4H3/b14-9+. The Morgan fingerprint density at radius 2 is 1.86 bits per heavy atom. The number of phenols is 2. The van der Waals surface area contributed by atoms with Crippen LogP contribution in [0.3, 0.4) is 0 Å². The minimum Gasteiger partial charge on any atom is -0.508 e. The number of aromatic hydroxyl groups is 2. The van der Waals surface area contributed by atoms with E-state index in [1.807, 2.05) is 19.9 Å². The van der Waals surface area contributed by atoms with Crippen molar-refractivity contribution in [1.29, 1.82) is 0 Å². The van der Waals surface area contributed by atoms with Gasteiger partial charge in [0.1, 0.15) is 17.8 Å². The van der Waals surface area contributed by atoms with Gasteiger partial charge in [-0.1, -0.05) is 18.2 Å². The van der Waals surface area contributed by atoms with Crippen molar-refractivity contribution in [3.05, 3.63) is 53.1 Å². The van der Waals surface area contributed by atoms with Crippen molar-refractivity contribution in [2.75, 3.05) is 0 Å². The molecule has 1 atom stereocenters. The molecule has 22 heavy (non-hydrogen) atoms. The fraction of sp³-hybridized carbons (Fsp3) is 0.278. The van der Waals surface area contributed by atoms with Gasteiger partial charge < -0.3 is 15.3 Å². The van der Waals surface area contributed by atoms with E-state index in [1.54, 1.807) is 6.92 Å². The molecule has 4 nitrogen and oxygen atoms in total. The number of phenolic OH excluding ortho intramolecular Hbond substituents is 2. The Bertz CT molecular complexity index is 635. The van der Waals surface area contributed by atoms with Crippen molar-refractivity contribution >= 4 is 11.9 Å². The third kappa shape index (κ3) is 4.33. The Balaban J connectivity index is 3.14. The number of aliphatic hydroxyl groups excluding tert-OH is 1. The van der Waals surface area contributed by atoms with E-state index in [0.717, 1.165) is 5.57 Å². The topological polar surface area (TPSA) is 77.8 Å². The number of benzene rings is 1. The summed E-state index contributed by atoms with van der Waals surface area (Å²) < 4.78 is 0. The smallest absolute Gasteiger partial charge is 0.148 e. The van der Waals surface area contributed by atoms with E-state index < -0.39 is 6.10 Å². The first-order valence-corrected chi connectivity index (χ1v) is 6.97. The monoisotopic (exact) mass is 302 g/mol. The molecule has 1 rings (SSSR count). The van der Waals surface area contributed by atoms with Crippen LogP contribution < -0.4 is 0 Å². The highest BCUT2D eigenvalue weighted by Gasteiger charge is 2.14. The molecular weight excluding hydrogens is 280 g/mol. The molecule has 0 bridgehead atoms. The summed E-state index contributed by atoms with van der Waals surface area (Å²) in [6, 6.07) is 2.74. The van der Waals surface area contributed by atoms with Crippen molar-refractivity contribution in [3.8, 4) is 11.5 Å². The van der Waals surface area contributed by atoms with Crippen LogP contribution in [0.2, 0.25) is 0 Å². The summed E-state index contributed by atoms with van der Waals surface area (Å²) in [6.45, 7) is 9.28. The van der Waals surface area contributed by atoms with E-state index in [9.17, 15) is 20.1 Å². The minimum absolute atomic E-state index is 0.0279. The molecule has 0 saturated heterocycles. The fourth-order valence-corrected chi connectivity index (χ4v) is 2.06. The lowest BCUT2D eigenvalue weighted by molar-refractivity contribution is -0.105. The van der Waals surface area contributed by atoms with Gasteiger partial charge in [-0.3, -0.25) is 4.79 Å². The lowest BCUT2D eigenvalue weighted by atomic mass is 9.96. The molecular formula is C18H22O4. The zero-order chi connectivity index (χ0) is 16.9. The maximum Gasteiger partial charge on any atom is 0.148 e. The lowest BCUT2D eigenvalue weighted by Gasteiger charge is -2.13. The highest BCUT2D eigenvalue weighted by Crippen LogP contribution is 2.34. The van der Waals surface area contributed by atoms with Gasteiger partial charge in [0.25, 0.3) is 0 Å². The van der Waals surface area contributed by atoms with E-state index in [0.29, 0.717) is 29.4 Å². The van der Waals surface area contributed by atoms with Gasteiger partial charge in [-0.2, -0.15) is 0 Å². The highest BCUT2D eigenvalue weighted by molar-refractivity contribution is 5.86. The Morgan fingerprint density at radius 3 is 2.41 bits per heavy atom. The lowest BCUT2D eigenvalue weighted by Crippen LogP contribution is -2.10. The van der Waals surface area contributed by atoms with E-state index in [1.165, 1.54) is 18.2 Å². The molecule has 0 aliphatic carbocycles. The second-order valence-electron chi connectivity index (χ2n) is 5.42. The summed E-state index contributed by atoms with van der Waals surface area (Å²) in [4.78, 5) is 11.2. The average Bonchev–Trinajstić information content (AvgIpc) is 2.46. The molecule has 1 aromatic rings. The predicted octanol–water partition coefficient (Wildman–Crippen LogP) is 3.26. The molecule has 0 aliphatic heterocycles. The molecule has 3 N–H and O–H groups in total. The van der Waals surface area contributed by atoms with Gasteiger partial charge in [0.05, 0.1) is 6.10 Å². The molecule has 4 heteroatoms. The molecule has 0 aromatic heterocycles. The first kappa shape index (κ1) is 17.7. The van der Waals surface area contributed by atoms with Crippen molar-refractivity contribution in [2.24, 2.45) is 0 Å².